The largest absolute Gasteiger partial charge is 0.354 e. The van der Waals surface area contributed by atoms with Crippen LogP contribution in [0.5, 0.6) is 0 Å². The van der Waals surface area contributed by atoms with Gasteiger partial charge in [0.25, 0.3) is 0 Å². The summed E-state index contributed by atoms with van der Waals surface area (Å²) in [5, 5.41) is 3.36. The first-order chi connectivity index (χ1) is 9.37. The zero-order valence-electron chi connectivity index (χ0n) is 13.4. The number of likely N-dealkylation sites (N-methyl/N-ethyl adjacent to an activating group) is 1. The molecular weight excluding hydrogens is 250 g/mol. The van der Waals surface area contributed by atoms with Crippen LogP contribution in [0.2, 0.25) is 0 Å². The second-order valence-corrected chi connectivity index (χ2v) is 6.49. The van der Waals surface area contributed by atoms with Crippen LogP contribution in [0.25, 0.3) is 0 Å². The van der Waals surface area contributed by atoms with Crippen LogP contribution in [0, 0.1) is 6.92 Å². The predicted octanol–water partition coefficient (Wildman–Crippen LogP) is 2.14. The number of hydrogen-bond acceptors (Lipinski definition) is 5. The second-order valence-electron chi connectivity index (χ2n) is 6.49. The molecule has 1 N–H and O–H groups in total. The Morgan fingerprint density at radius 3 is 2.35 bits per heavy atom. The first kappa shape index (κ1) is 15.0. The summed E-state index contributed by atoms with van der Waals surface area (Å²) < 4.78 is 0. The molecule has 0 aliphatic carbocycles. The van der Waals surface area contributed by atoms with Crippen LogP contribution >= 0.6 is 0 Å². The maximum absolute atomic E-state index is 4.68. The van der Waals surface area contributed by atoms with Gasteiger partial charge in [-0.2, -0.15) is 4.98 Å². The van der Waals surface area contributed by atoms with Crippen LogP contribution in [0.3, 0.4) is 0 Å². The Morgan fingerprint density at radius 1 is 1.15 bits per heavy atom. The molecule has 1 fully saturated rings. The van der Waals surface area contributed by atoms with Crippen LogP contribution < -0.4 is 10.2 Å². The maximum Gasteiger partial charge on any atom is 0.225 e. The van der Waals surface area contributed by atoms with Crippen LogP contribution in [0.4, 0.5) is 11.8 Å². The lowest BCUT2D eigenvalue weighted by Crippen LogP contribution is -2.46. The number of hydrogen-bond donors (Lipinski definition) is 1. The van der Waals surface area contributed by atoms with E-state index in [2.05, 4.69) is 58.8 Å². The number of rotatable bonds is 3. The van der Waals surface area contributed by atoms with Crippen molar-refractivity contribution in [3.05, 3.63) is 11.8 Å². The lowest BCUT2D eigenvalue weighted by atomic mass is 10.1. The third-order valence-electron chi connectivity index (χ3n) is 3.47. The molecule has 20 heavy (non-hydrogen) atoms. The van der Waals surface area contributed by atoms with Gasteiger partial charge in [0, 0.05) is 43.5 Å². The highest BCUT2D eigenvalue weighted by atomic mass is 15.3. The van der Waals surface area contributed by atoms with E-state index in [1.807, 2.05) is 6.92 Å². The van der Waals surface area contributed by atoms with Gasteiger partial charge in [-0.3, -0.25) is 0 Å². The molecule has 112 valence electrons. The van der Waals surface area contributed by atoms with E-state index in [1.165, 1.54) is 0 Å². The number of anilines is 2. The summed E-state index contributed by atoms with van der Waals surface area (Å²) in [6.07, 6.45) is 0. The molecule has 0 radical (unpaired) electrons. The fourth-order valence-electron chi connectivity index (χ4n) is 2.40. The second kappa shape index (κ2) is 5.95. The van der Waals surface area contributed by atoms with Crippen molar-refractivity contribution in [1.82, 2.24) is 14.9 Å². The van der Waals surface area contributed by atoms with E-state index in [4.69, 9.17) is 0 Å². The van der Waals surface area contributed by atoms with Crippen molar-refractivity contribution in [3.8, 4) is 0 Å². The number of nitrogens with zero attached hydrogens (tertiary/aromatic N) is 4. The van der Waals surface area contributed by atoms with Gasteiger partial charge in [-0.15, -0.1) is 0 Å². The van der Waals surface area contributed by atoms with E-state index in [0.717, 1.165) is 50.2 Å². The number of aromatic nitrogens is 2. The van der Waals surface area contributed by atoms with Gasteiger partial charge in [0.1, 0.15) is 5.82 Å². The molecular formula is C15H27N5. The summed E-state index contributed by atoms with van der Waals surface area (Å²) >= 11 is 0. The van der Waals surface area contributed by atoms with E-state index in [9.17, 15) is 0 Å². The Bertz CT molecular complexity index is 444. The third kappa shape index (κ3) is 4.07. The SMILES string of the molecule is CCN1CCN(c2cc(C)nc(NC(C)(C)C)n2)CC1. The van der Waals surface area contributed by atoms with Gasteiger partial charge in [-0.05, 0) is 34.2 Å². The molecule has 1 aromatic rings. The Kier molecular flexibility index (Phi) is 4.48. The molecule has 0 saturated carbocycles. The first-order valence-electron chi connectivity index (χ1n) is 7.48. The van der Waals surface area contributed by atoms with Crippen LogP contribution in [0.1, 0.15) is 33.4 Å². The molecule has 1 aliphatic heterocycles. The smallest absolute Gasteiger partial charge is 0.225 e. The van der Waals surface area contributed by atoms with Gasteiger partial charge in [0.05, 0.1) is 0 Å². The van der Waals surface area contributed by atoms with Crippen molar-refractivity contribution in [2.45, 2.75) is 40.2 Å². The fourth-order valence-corrected chi connectivity index (χ4v) is 2.40. The molecule has 5 nitrogen and oxygen atoms in total. The lowest BCUT2D eigenvalue weighted by molar-refractivity contribution is 0.270. The standard InChI is InChI=1S/C15H27N5/c1-6-19-7-9-20(10-8-19)13-11-12(2)16-14(17-13)18-15(3,4)5/h11H,6-10H2,1-5H3,(H,16,17,18). The normalized spacial score (nSPS) is 17.4. The highest BCUT2D eigenvalue weighted by Crippen LogP contribution is 2.18. The summed E-state index contributed by atoms with van der Waals surface area (Å²) in [5.41, 5.74) is 0.992. The summed E-state index contributed by atoms with van der Waals surface area (Å²) in [4.78, 5) is 14.0. The van der Waals surface area contributed by atoms with Gasteiger partial charge in [-0.1, -0.05) is 6.92 Å². The van der Waals surface area contributed by atoms with E-state index in [-0.39, 0.29) is 5.54 Å². The first-order valence-corrected chi connectivity index (χ1v) is 7.48. The molecule has 0 bridgehead atoms. The minimum Gasteiger partial charge on any atom is -0.354 e. The zero-order chi connectivity index (χ0) is 14.8. The lowest BCUT2D eigenvalue weighted by Gasteiger charge is -2.35. The number of nitrogens with one attached hydrogen (secondary N) is 1. The monoisotopic (exact) mass is 277 g/mol. The molecule has 1 aromatic heterocycles. The molecule has 0 amide bonds. The van der Waals surface area contributed by atoms with Gasteiger partial charge in [0.2, 0.25) is 5.95 Å². The number of aryl methyl sites for hydroxylation is 1. The van der Waals surface area contributed by atoms with E-state index < -0.39 is 0 Å². The average molecular weight is 277 g/mol. The molecule has 0 spiro atoms. The molecule has 0 unspecified atom stereocenters. The van der Waals surface area contributed by atoms with E-state index >= 15 is 0 Å². The van der Waals surface area contributed by atoms with E-state index in [0.29, 0.717) is 0 Å². The molecule has 2 heterocycles. The molecule has 5 heteroatoms. The quantitative estimate of drug-likeness (QED) is 0.917. The third-order valence-corrected chi connectivity index (χ3v) is 3.47. The molecule has 1 saturated heterocycles. The van der Waals surface area contributed by atoms with Crippen molar-refractivity contribution in [1.29, 1.82) is 0 Å². The Labute approximate surface area is 122 Å². The molecule has 0 atom stereocenters. The average Bonchev–Trinajstić information content (AvgIpc) is 2.36. The van der Waals surface area contributed by atoms with Crippen molar-refractivity contribution in [2.24, 2.45) is 0 Å². The van der Waals surface area contributed by atoms with Gasteiger partial charge >= 0.3 is 0 Å². The summed E-state index contributed by atoms with van der Waals surface area (Å²) in [6.45, 7) is 16.1. The summed E-state index contributed by atoms with van der Waals surface area (Å²) in [7, 11) is 0. The Morgan fingerprint density at radius 2 is 1.80 bits per heavy atom. The van der Waals surface area contributed by atoms with Crippen molar-refractivity contribution in [3.63, 3.8) is 0 Å². The van der Waals surface area contributed by atoms with Gasteiger partial charge in [-0.25, -0.2) is 4.98 Å². The van der Waals surface area contributed by atoms with Crippen LogP contribution in [0.15, 0.2) is 6.07 Å². The van der Waals surface area contributed by atoms with E-state index in [1.54, 1.807) is 0 Å². The van der Waals surface area contributed by atoms with Gasteiger partial charge < -0.3 is 15.1 Å². The highest BCUT2D eigenvalue weighted by molar-refractivity contribution is 5.45. The Hall–Kier alpha value is -1.36. The molecule has 2 rings (SSSR count). The summed E-state index contributed by atoms with van der Waals surface area (Å²) in [5.74, 6) is 1.77. The zero-order valence-corrected chi connectivity index (χ0v) is 13.4. The fraction of sp³-hybridized carbons (Fsp3) is 0.733. The maximum atomic E-state index is 4.68. The Balaban J connectivity index is 2.12. The predicted molar refractivity (Wildman–Crippen MR) is 84.5 cm³/mol. The van der Waals surface area contributed by atoms with Crippen molar-refractivity contribution in [2.75, 3.05) is 42.9 Å². The molecule has 1 aliphatic rings. The topological polar surface area (TPSA) is 44.3 Å². The highest BCUT2D eigenvalue weighted by Gasteiger charge is 2.19. The summed E-state index contributed by atoms with van der Waals surface area (Å²) in [6, 6.07) is 2.08. The van der Waals surface area contributed by atoms with Crippen molar-refractivity contribution >= 4 is 11.8 Å². The molecule has 0 aromatic carbocycles. The minimum atomic E-state index is -0.0219. The van der Waals surface area contributed by atoms with Gasteiger partial charge in [0.15, 0.2) is 0 Å². The minimum absolute atomic E-state index is 0.0219. The number of piperazine rings is 1. The van der Waals surface area contributed by atoms with Crippen molar-refractivity contribution < 1.29 is 0 Å². The van der Waals surface area contributed by atoms with Crippen LogP contribution in [-0.2, 0) is 0 Å². The van der Waals surface area contributed by atoms with Crippen LogP contribution in [-0.4, -0.2) is 53.1 Å².